The average molecular weight is 529 g/mol. The molecule has 5 rings (SSSR count). The van der Waals surface area contributed by atoms with Gasteiger partial charge in [-0.05, 0) is 63.9 Å². The molecule has 202 valence electrons. The van der Waals surface area contributed by atoms with E-state index in [1.165, 1.54) is 24.3 Å². The standard InChI is InChI=1S/C29H35FN4O4/c1-28(2)16-33(17-29(3,4)38-28)14-18-8-9-22(30)19(12-18)13-31-23-7-5-6-20-21(23)15-34(27(20)37)24-10-11-25(35)32-26(24)36/h5-9,12,24,31H,10-11,13-17H2,1-4H3,(H,32,35,36)/i10D2,11D2,15D2. The molecule has 9 heteroatoms. The molecule has 0 aromatic heterocycles. The largest absolute Gasteiger partial charge is 0.381 e. The first kappa shape index (κ1) is 19.7. The van der Waals surface area contributed by atoms with Gasteiger partial charge in [0.2, 0.25) is 11.8 Å². The second kappa shape index (κ2) is 9.78. The van der Waals surface area contributed by atoms with Crippen LogP contribution in [0.25, 0.3) is 0 Å². The molecular weight excluding hydrogens is 487 g/mol. The van der Waals surface area contributed by atoms with Crippen LogP contribution in [0.3, 0.4) is 0 Å². The van der Waals surface area contributed by atoms with Gasteiger partial charge in [-0.1, -0.05) is 12.1 Å². The fourth-order valence-electron chi connectivity index (χ4n) is 5.44. The zero-order valence-electron chi connectivity index (χ0n) is 27.8. The molecule has 3 aliphatic heterocycles. The Morgan fingerprint density at radius 3 is 2.61 bits per heavy atom. The summed E-state index contributed by atoms with van der Waals surface area (Å²) in [7, 11) is 0. The van der Waals surface area contributed by atoms with E-state index >= 15 is 0 Å². The number of amides is 3. The van der Waals surface area contributed by atoms with Gasteiger partial charge in [-0.2, -0.15) is 0 Å². The molecule has 1 unspecified atom stereocenters. The summed E-state index contributed by atoms with van der Waals surface area (Å²) in [5.74, 6) is -4.38. The molecule has 0 radical (unpaired) electrons. The van der Waals surface area contributed by atoms with Gasteiger partial charge in [-0.15, -0.1) is 0 Å². The van der Waals surface area contributed by atoms with Gasteiger partial charge in [0.15, 0.2) is 0 Å². The maximum Gasteiger partial charge on any atom is 0.255 e. The predicted octanol–water partition coefficient (Wildman–Crippen LogP) is 3.59. The number of piperidine rings is 1. The summed E-state index contributed by atoms with van der Waals surface area (Å²) in [6.07, 6.45) is -6.48. The Kier molecular flexibility index (Phi) is 5.08. The van der Waals surface area contributed by atoms with Crippen molar-refractivity contribution in [1.29, 1.82) is 0 Å². The maximum atomic E-state index is 15.0. The minimum absolute atomic E-state index is 0.0811. The van der Waals surface area contributed by atoms with E-state index in [-0.39, 0.29) is 34.6 Å². The molecule has 0 bridgehead atoms. The van der Waals surface area contributed by atoms with Crippen LogP contribution in [0, 0.1) is 5.82 Å². The lowest BCUT2D eigenvalue weighted by Crippen LogP contribution is -2.56. The zero-order chi connectivity index (χ0) is 32.6. The van der Waals surface area contributed by atoms with Crippen molar-refractivity contribution >= 4 is 23.4 Å². The summed E-state index contributed by atoms with van der Waals surface area (Å²) in [6.45, 7) is 7.14. The zero-order valence-corrected chi connectivity index (χ0v) is 21.8. The summed E-state index contributed by atoms with van der Waals surface area (Å²) in [5, 5.41) is 4.73. The lowest BCUT2D eigenvalue weighted by molar-refractivity contribution is -0.182. The number of nitrogens with zero attached hydrogens (tertiary/aromatic N) is 2. The molecule has 3 amide bonds. The maximum absolute atomic E-state index is 15.0. The van der Waals surface area contributed by atoms with Crippen molar-refractivity contribution in [1.82, 2.24) is 15.1 Å². The highest BCUT2D eigenvalue weighted by Gasteiger charge is 2.40. The summed E-state index contributed by atoms with van der Waals surface area (Å²) < 4.78 is 71.3. The Balaban J connectivity index is 1.41. The number of ether oxygens (including phenoxy) is 1. The lowest BCUT2D eigenvalue weighted by Gasteiger charge is -2.47. The van der Waals surface area contributed by atoms with E-state index in [2.05, 4.69) is 10.2 Å². The quantitative estimate of drug-likeness (QED) is 0.557. The van der Waals surface area contributed by atoms with Crippen LogP contribution in [0.4, 0.5) is 10.1 Å². The number of nitrogens with one attached hydrogen (secondary N) is 2. The van der Waals surface area contributed by atoms with E-state index in [4.69, 9.17) is 13.0 Å². The predicted molar refractivity (Wildman–Crippen MR) is 141 cm³/mol. The van der Waals surface area contributed by atoms with Gasteiger partial charge in [0, 0.05) is 66.9 Å². The normalized spacial score (nSPS) is 29.1. The molecule has 2 fully saturated rings. The number of carbonyl (C=O) groups excluding carboxylic acids is 3. The van der Waals surface area contributed by atoms with Crippen LogP contribution < -0.4 is 10.6 Å². The van der Waals surface area contributed by atoms with Gasteiger partial charge in [-0.3, -0.25) is 24.6 Å². The SMILES string of the molecule is [2H]C1([2H])c2c(NCc3cc(CN4CC(C)(C)OC(C)(C)C4)ccc3F)cccc2C(=O)N1C1C(=O)NC(=O)C([2H])([2H])C1([2H])[2H]. The van der Waals surface area contributed by atoms with E-state index in [0.717, 1.165) is 5.56 Å². The van der Waals surface area contributed by atoms with Crippen LogP contribution in [-0.2, 0) is 33.9 Å². The Morgan fingerprint density at radius 2 is 1.87 bits per heavy atom. The number of benzene rings is 2. The smallest absolute Gasteiger partial charge is 0.255 e. The van der Waals surface area contributed by atoms with E-state index in [0.29, 0.717) is 30.1 Å². The number of imide groups is 1. The van der Waals surface area contributed by atoms with Crippen molar-refractivity contribution in [3.05, 3.63) is 64.5 Å². The third-order valence-corrected chi connectivity index (χ3v) is 6.56. The van der Waals surface area contributed by atoms with Crippen molar-refractivity contribution in [3.63, 3.8) is 0 Å². The molecule has 0 spiro atoms. The number of morpholine rings is 1. The molecule has 38 heavy (non-hydrogen) atoms. The minimum Gasteiger partial charge on any atom is -0.381 e. The van der Waals surface area contributed by atoms with Gasteiger partial charge >= 0.3 is 0 Å². The highest BCUT2D eigenvalue weighted by molar-refractivity contribution is 6.06. The number of fused-ring (bicyclic) bond motifs is 1. The average Bonchev–Trinajstić information content (AvgIpc) is 3.07. The Bertz CT molecular complexity index is 1530. The first-order chi connectivity index (χ1) is 20.2. The van der Waals surface area contributed by atoms with Crippen molar-refractivity contribution in [3.8, 4) is 0 Å². The third kappa shape index (κ3) is 5.44. The first-order valence-electron chi connectivity index (χ1n) is 15.4. The first-order valence-corrected chi connectivity index (χ1v) is 12.4. The van der Waals surface area contributed by atoms with Gasteiger partial charge < -0.3 is 15.0 Å². The number of rotatable bonds is 6. The van der Waals surface area contributed by atoms with Crippen LogP contribution in [0.1, 0.15) is 75.7 Å². The molecular formula is C29H35FN4O4. The molecule has 1 atom stereocenters. The lowest BCUT2D eigenvalue weighted by atomic mass is 9.98. The fourth-order valence-corrected chi connectivity index (χ4v) is 5.44. The molecule has 2 saturated heterocycles. The van der Waals surface area contributed by atoms with Crippen LogP contribution >= 0.6 is 0 Å². The Labute approximate surface area is 230 Å². The molecule has 0 saturated carbocycles. The van der Waals surface area contributed by atoms with Crippen molar-refractivity contribution in [2.24, 2.45) is 0 Å². The third-order valence-electron chi connectivity index (χ3n) is 6.56. The number of hydrogen-bond acceptors (Lipinski definition) is 6. The fraction of sp³-hybridized carbons (Fsp3) is 0.483. The highest BCUT2D eigenvalue weighted by Crippen LogP contribution is 2.33. The van der Waals surface area contributed by atoms with Crippen LogP contribution in [-0.4, -0.2) is 57.9 Å². The van der Waals surface area contributed by atoms with Gasteiger partial charge in [0.1, 0.15) is 11.9 Å². The number of anilines is 1. The molecule has 8 nitrogen and oxygen atoms in total. The van der Waals surface area contributed by atoms with Crippen molar-refractivity contribution < 1.29 is 31.7 Å². The number of hydrogen-bond donors (Lipinski definition) is 2. The minimum atomic E-state index is -3.25. The monoisotopic (exact) mass is 528 g/mol. The molecule has 3 heterocycles. The van der Waals surface area contributed by atoms with Gasteiger partial charge in [0.25, 0.3) is 5.91 Å². The van der Waals surface area contributed by atoms with E-state index in [1.807, 2.05) is 27.7 Å². The molecule has 0 aliphatic carbocycles. The van der Waals surface area contributed by atoms with Gasteiger partial charge in [0.05, 0.1) is 13.9 Å². The molecule has 2 aromatic carbocycles. The topological polar surface area (TPSA) is 91.0 Å². The van der Waals surface area contributed by atoms with E-state index < -0.39 is 48.8 Å². The molecule has 2 N–H and O–H groups in total. The van der Waals surface area contributed by atoms with Gasteiger partial charge in [-0.25, -0.2) is 4.39 Å². The number of halogens is 1. The highest BCUT2D eigenvalue weighted by atomic mass is 19.1. The molecule has 2 aromatic rings. The second-order valence-electron chi connectivity index (χ2n) is 11.1. The Hall–Kier alpha value is -3.30. The summed E-state index contributed by atoms with van der Waals surface area (Å²) in [5.41, 5.74) is 0.166. The number of carbonyl (C=O) groups is 3. The van der Waals surface area contributed by atoms with Crippen molar-refractivity contribution in [2.45, 2.75) is 77.3 Å². The molecule has 3 aliphatic rings. The Morgan fingerprint density at radius 1 is 1.13 bits per heavy atom. The summed E-state index contributed by atoms with van der Waals surface area (Å²) in [4.78, 5) is 40.9. The van der Waals surface area contributed by atoms with E-state index in [1.54, 1.807) is 17.4 Å². The second-order valence-corrected chi connectivity index (χ2v) is 11.1. The van der Waals surface area contributed by atoms with Crippen LogP contribution in [0.2, 0.25) is 0 Å². The van der Waals surface area contributed by atoms with Crippen LogP contribution in [0.5, 0.6) is 0 Å². The summed E-state index contributed by atoms with van der Waals surface area (Å²) >= 11 is 0. The summed E-state index contributed by atoms with van der Waals surface area (Å²) in [6, 6.07) is 6.74. The van der Waals surface area contributed by atoms with E-state index in [9.17, 15) is 18.8 Å². The van der Waals surface area contributed by atoms with Crippen LogP contribution in [0.15, 0.2) is 36.4 Å². The van der Waals surface area contributed by atoms with Crippen molar-refractivity contribution in [2.75, 3.05) is 18.4 Å².